The molecule has 0 aliphatic heterocycles. The standard InChI is InChI=1S/C19H26Cl2N6O2/c1-24(2)8-5-9-26(11-14-6-7-15(20)16(21)10-14)19(29)17-12-27(23-22-17)13-18(28)25(3)4/h6-7,10,12H,5,8-9,11,13H2,1-4H3. The van der Waals surface area contributed by atoms with Gasteiger partial charge in [0.05, 0.1) is 16.2 Å². The van der Waals surface area contributed by atoms with Gasteiger partial charge in [0.15, 0.2) is 5.69 Å². The number of carbonyl (C=O) groups is 2. The molecule has 0 unspecified atom stereocenters. The van der Waals surface area contributed by atoms with E-state index in [9.17, 15) is 9.59 Å². The van der Waals surface area contributed by atoms with Gasteiger partial charge >= 0.3 is 0 Å². The molecule has 0 radical (unpaired) electrons. The SMILES string of the molecule is CN(C)CCCN(Cc1ccc(Cl)c(Cl)c1)C(=O)c1cn(CC(=O)N(C)C)nn1. The van der Waals surface area contributed by atoms with Gasteiger partial charge in [-0.1, -0.05) is 34.5 Å². The molecule has 29 heavy (non-hydrogen) atoms. The highest BCUT2D eigenvalue weighted by molar-refractivity contribution is 6.42. The minimum absolute atomic E-state index is 0.0285. The molecule has 2 rings (SSSR count). The maximum absolute atomic E-state index is 13.1. The molecule has 0 aliphatic rings. The second kappa shape index (κ2) is 10.6. The molecule has 0 atom stereocenters. The Balaban J connectivity index is 2.16. The average molecular weight is 441 g/mol. The summed E-state index contributed by atoms with van der Waals surface area (Å²) >= 11 is 12.1. The molecule has 2 aromatic rings. The Morgan fingerprint density at radius 3 is 2.41 bits per heavy atom. The smallest absolute Gasteiger partial charge is 0.276 e. The van der Waals surface area contributed by atoms with Crippen LogP contribution >= 0.6 is 23.2 Å². The predicted molar refractivity (Wildman–Crippen MR) is 113 cm³/mol. The lowest BCUT2D eigenvalue weighted by atomic mass is 10.2. The maximum atomic E-state index is 13.1. The van der Waals surface area contributed by atoms with Gasteiger partial charge in [-0.3, -0.25) is 9.59 Å². The Bertz CT molecular complexity index is 853. The minimum Gasteiger partial charge on any atom is -0.347 e. The van der Waals surface area contributed by atoms with Crippen molar-refractivity contribution in [3.63, 3.8) is 0 Å². The molecule has 1 aromatic carbocycles. The fourth-order valence-corrected chi connectivity index (χ4v) is 2.92. The van der Waals surface area contributed by atoms with Crippen molar-refractivity contribution >= 4 is 35.0 Å². The zero-order valence-corrected chi connectivity index (χ0v) is 18.6. The topological polar surface area (TPSA) is 74.6 Å². The first-order valence-electron chi connectivity index (χ1n) is 9.15. The molecule has 0 bridgehead atoms. The summed E-state index contributed by atoms with van der Waals surface area (Å²) in [5, 5.41) is 8.78. The van der Waals surface area contributed by atoms with Gasteiger partial charge in [0, 0.05) is 27.2 Å². The van der Waals surface area contributed by atoms with E-state index in [2.05, 4.69) is 15.2 Å². The third kappa shape index (κ3) is 6.99. The summed E-state index contributed by atoms with van der Waals surface area (Å²) in [6.45, 7) is 1.78. The first-order chi connectivity index (χ1) is 13.7. The first-order valence-corrected chi connectivity index (χ1v) is 9.91. The Morgan fingerprint density at radius 2 is 1.79 bits per heavy atom. The number of hydrogen-bond acceptors (Lipinski definition) is 5. The Kier molecular flexibility index (Phi) is 8.43. The first kappa shape index (κ1) is 23.1. The van der Waals surface area contributed by atoms with E-state index in [1.807, 2.05) is 20.2 Å². The lowest BCUT2D eigenvalue weighted by molar-refractivity contribution is -0.129. The molecular weight excluding hydrogens is 415 g/mol. The van der Waals surface area contributed by atoms with Crippen LogP contribution in [0.3, 0.4) is 0 Å². The molecule has 0 N–H and O–H groups in total. The van der Waals surface area contributed by atoms with Crippen LogP contribution in [0.4, 0.5) is 0 Å². The fourth-order valence-electron chi connectivity index (χ4n) is 2.60. The van der Waals surface area contributed by atoms with Gasteiger partial charge in [0.1, 0.15) is 6.54 Å². The molecule has 0 saturated heterocycles. The van der Waals surface area contributed by atoms with Crippen molar-refractivity contribution in [1.82, 2.24) is 29.7 Å². The van der Waals surface area contributed by atoms with Crippen LogP contribution in [0, 0.1) is 0 Å². The van der Waals surface area contributed by atoms with Gasteiger partial charge in [-0.05, 0) is 44.8 Å². The number of hydrogen-bond donors (Lipinski definition) is 0. The molecule has 0 fully saturated rings. The molecule has 0 saturated carbocycles. The zero-order valence-electron chi connectivity index (χ0n) is 17.1. The summed E-state index contributed by atoms with van der Waals surface area (Å²) < 4.78 is 1.37. The number of benzene rings is 1. The van der Waals surface area contributed by atoms with E-state index in [1.165, 1.54) is 15.8 Å². The summed E-state index contributed by atoms with van der Waals surface area (Å²) in [4.78, 5) is 30.1. The van der Waals surface area contributed by atoms with E-state index in [4.69, 9.17) is 23.2 Å². The number of rotatable bonds is 9. The second-order valence-electron chi connectivity index (χ2n) is 7.22. The van der Waals surface area contributed by atoms with Crippen molar-refractivity contribution in [2.24, 2.45) is 0 Å². The number of amides is 2. The summed E-state index contributed by atoms with van der Waals surface area (Å²) in [6, 6.07) is 5.31. The van der Waals surface area contributed by atoms with Crippen molar-refractivity contribution < 1.29 is 9.59 Å². The Labute approximate surface area is 181 Å². The summed E-state index contributed by atoms with van der Waals surface area (Å²) in [5.41, 5.74) is 1.06. The summed E-state index contributed by atoms with van der Waals surface area (Å²) in [5.74, 6) is -0.383. The monoisotopic (exact) mass is 440 g/mol. The zero-order chi connectivity index (χ0) is 21.6. The van der Waals surface area contributed by atoms with E-state index >= 15 is 0 Å². The molecule has 1 aromatic heterocycles. The van der Waals surface area contributed by atoms with Gasteiger partial charge < -0.3 is 14.7 Å². The number of carbonyl (C=O) groups excluding carboxylic acids is 2. The normalized spacial score (nSPS) is 11.0. The number of likely N-dealkylation sites (N-methyl/N-ethyl adjacent to an activating group) is 1. The highest BCUT2D eigenvalue weighted by Crippen LogP contribution is 2.23. The van der Waals surface area contributed by atoms with E-state index in [1.54, 1.807) is 31.1 Å². The van der Waals surface area contributed by atoms with Gasteiger partial charge in [0.2, 0.25) is 5.91 Å². The molecule has 158 valence electrons. The summed E-state index contributed by atoms with van der Waals surface area (Å²) in [7, 11) is 7.29. The molecule has 2 amide bonds. The number of halogens is 2. The minimum atomic E-state index is -0.251. The van der Waals surface area contributed by atoms with E-state index in [0.717, 1.165) is 18.5 Å². The van der Waals surface area contributed by atoms with E-state index < -0.39 is 0 Å². The number of aromatic nitrogens is 3. The highest BCUT2D eigenvalue weighted by Gasteiger charge is 2.20. The lowest BCUT2D eigenvalue weighted by Gasteiger charge is -2.23. The molecule has 10 heteroatoms. The van der Waals surface area contributed by atoms with Crippen LogP contribution in [0.2, 0.25) is 10.0 Å². The average Bonchev–Trinajstić information content (AvgIpc) is 3.11. The van der Waals surface area contributed by atoms with Crippen molar-refractivity contribution in [3.8, 4) is 0 Å². The summed E-state index contributed by atoms with van der Waals surface area (Å²) in [6.07, 6.45) is 2.30. The van der Waals surface area contributed by atoms with E-state index in [0.29, 0.717) is 23.1 Å². The molecule has 8 nitrogen and oxygen atoms in total. The van der Waals surface area contributed by atoms with Crippen molar-refractivity contribution in [2.45, 2.75) is 19.5 Å². The molecule has 0 aliphatic carbocycles. The van der Waals surface area contributed by atoms with Crippen LogP contribution in [-0.4, -0.2) is 82.8 Å². The molecule has 0 spiro atoms. The van der Waals surface area contributed by atoms with Crippen LogP contribution < -0.4 is 0 Å². The Morgan fingerprint density at radius 1 is 1.07 bits per heavy atom. The Hall–Kier alpha value is -2.16. The van der Waals surface area contributed by atoms with Crippen molar-refractivity contribution in [3.05, 3.63) is 45.7 Å². The van der Waals surface area contributed by atoms with Crippen LogP contribution in [0.1, 0.15) is 22.5 Å². The largest absolute Gasteiger partial charge is 0.347 e. The van der Waals surface area contributed by atoms with Crippen LogP contribution in [-0.2, 0) is 17.9 Å². The third-order valence-corrected chi connectivity index (χ3v) is 4.97. The fraction of sp³-hybridized carbons (Fsp3) is 0.474. The van der Waals surface area contributed by atoms with Crippen LogP contribution in [0.5, 0.6) is 0 Å². The van der Waals surface area contributed by atoms with Crippen LogP contribution in [0.15, 0.2) is 24.4 Å². The van der Waals surface area contributed by atoms with E-state index in [-0.39, 0.29) is 24.1 Å². The highest BCUT2D eigenvalue weighted by atomic mass is 35.5. The lowest BCUT2D eigenvalue weighted by Crippen LogP contribution is -2.33. The van der Waals surface area contributed by atoms with Crippen LogP contribution in [0.25, 0.3) is 0 Å². The molecular formula is C19H26Cl2N6O2. The van der Waals surface area contributed by atoms with Crippen molar-refractivity contribution in [2.75, 3.05) is 41.3 Å². The van der Waals surface area contributed by atoms with Gasteiger partial charge in [-0.2, -0.15) is 0 Å². The predicted octanol–water partition coefficient (Wildman–Crippen LogP) is 2.27. The third-order valence-electron chi connectivity index (χ3n) is 4.23. The van der Waals surface area contributed by atoms with Gasteiger partial charge in [-0.25, -0.2) is 4.68 Å². The van der Waals surface area contributed by atoms with Crippen molar-refractivity contribution in [1.29, 1.82) is 0 Å². The number of nitrogens with zero attached hydrogens (tertiary/aromatic N) is 6. The van der Waals surface area contributed by atoms with Gasteiger partial charge in [-0.15, -0.1) is 5.10 Å². The maximum Gasteiger partial charge on any atom is 0.276 e. The second-order valence-corrected chi connectivity index (χ2v) is 8.04. The molecule has 1 heterocycles. The van der Waals surface area contributed by atoms with Gasteiger partial charge in [0.25, 0.3) is 5.91 Å². The quantitative estimate of drug-likeness (QED) is 0.597.